The molecule has 328 valence electrons. The molecule has 1 rings (SSSR count). The molecule has 0 unspecified atom stereocenters. The van der Waals surface area contributed by atoms with Crippen LogP contribution in [-0.2, 0) is 49.7 Å². The third-order valence-corrected chi connectivity index (χ3v) is 15.2. The van der Waals surface area contributed by atoms with Crippen LogP contribution in [0.3, 0.4) is 0 Å². The quantitative estimate of drug-likeness (QED) is 0.0683. The molecule has 11 nitrogen and oxygen atoms in total. The van der Waals surface area contributed by atoms with Gasteiger partial charge < -0.3 is 49.7 Å². The van der Waals surface area contributed by atoms with Crippen LogP contribution >= 0.6 is 0 Å². The number of rotatable bonds is 24. The van der Waals surface area contributed by atoms with Crippen LogP contribution in [-0.4, -0.2) is 141 Å². The van der Waals surface area contributed by atoms with Gasteiger partial charge in [-0.15, -0.1) is 0 Å². The van der Waals surface area contributed by atoms with E-state index in [1.807, 2.05) is 0 Å². The van der Waals surface area contributed by atoms with Gasteiger partial charge in [0.2, 0.25) is 0 Å². The van der Waals surface area contributed by atoms with Crippen molar-refractivity contribution in [2.75, 3.05) is 13.2 Å². The average Bonchev–Trinajstić information content (AvgIpc) is 2.88. The smallest absolute Gasteiger partial charge is 0.185 e. The summed E-state index contributed by atoms with van der Waals surface area (Å²) in [5.74, 6) is 0. The van der Waals surface area contributed by atoms with E-state index in [9.17, 15) is 4.79 Å². The average molecular weight is 920 g/mol. The maximum absolute atomic E-state index is 13.0. The molecule has 1 aliphatic heterocycles. The van der Waals surface area contributed by atoms with Crippen molar-refractivity contribution in [1.82, 2.24) is 0 Å². The summed E-state index contributed by atoms with van der Waals surface area (Å²) in [6.45, 7) is 52.3. The molecule has 19 heteroatoms. The summed E-state index contributed by atoms with van der Waals surface area (Å²) in [4.78, 5) is 13.0. The van der Waals surface area contributed by atoms with Crippen molar-refractivity contribution in [3.8, 4) is 0 Å². The monoisotopic (exact) mass is 918 g/mol. The molecular formula is C36H86O11Si8. The van der Waals surface area contributed by atoms with Crippen LogP contribution in [0.1, 0.15) is 0 Å². The van der Waals surface area contributed by atoms with E-state index >= 15 is 0 Å². The molecule has 0 aromatic heterocycles. The van der Waals surface area contributed by atoms with E-state index in [-0.39, 0.29) is 6.61 Å². The molecule has 1 aliphatic rings. The van der Waals surface area contributed by atoms with Gasteiger partial charge in [-0.3, -0.25) is 0 Å². The third kappa shape index (κ3) is 23.6. The standard InChI is InChI=1S/C36H86O11Si8/c1-48(2,3)39-27-29-32(44-52(13,14)15)34(46-54(19,20)21)35(47-55(22,23)24)36(40-29)38-26-30(42-50(7,8)9)33(45-53(16,17)18)31(43-51(10,11)12)28(25-37)41-49(4,5)6/h25,28-36H,26-27H2,1-24H3/t28-,29+,30+,31+,32-,33+,34-,35+,36-/m0/s1. The van der Waals surface area contributed by atoms with Crippen molar-refractivity contribution < 1.29 is 49.7 Å². The van der Waals surface area contributed by atoms with E-state index in [0.29, 0.717) is 6.61 Å². The molecule has 0 aliphatic carbocycles. The van der Waals surface area contributed by atoms with Gasteiger partial charge in [0.15, 0.2) is 72.8 Å². The maximum Gasteiger partial charge on any atom is 0.185 e. The lowest BCUT2D eigenvalue weighted by Gasteiger charge is -2.51. The van der Waals surface area contributed by atoms with Crippen LogP contribution in [0.15, 0.2) is 0 Å². The largest absolute Gasteiger partial charge is 0.415 e. The van der Waals surface area contributed by atoms with Crippen LogP contribution in [0.25, 0.3) is 0 Å². The zero-order chi connectivity index (χ0) is 43.4. The molecule has 55 heavy (non-hydrogen) atoms. The van der Waals surface area contributed by atoms with E-state index in [1.165, 1.54) is 0 Å². The highest BCUT2D eigenvalue weighted by molar-refractivity contribution is 6.72. The van der Waals surface area contributed by atoms with Crippen molar-refractivity contribution in [2.24, 2.45) is 0 Å². The van der Waals surface area contributed by atoms with Crippen LogP contribution in [0, 0.1) is 0 Å². The fourth-order valence-electron chi connectivity index (χ4n) is 6.02. The lowest BCUT2D eigenvalue weighted by molar-refractivity contribution is -0.296. The Labute approximate surface area is 346 Å². The fraction of sp³-hybridized carbons (Fsp3) is 0.972. The Hall–Kier alpha value is 1.01. The van der Waals surface area contributed by atoms with E-state index in [2.05, 4.69) is 157 Å². The molecule has 1 saturated heterocycles. The molecular weight excluding hydrogens is 833 g/mol. The minimum atomic E-state index is -2.27. The first kappa shape index (κ1) is 54.0. The second kappa shape index (κ2) is 20.3. The predicted molar refractivity (Wildman–Crippen MR) is 248 cm³/mol. The summed E-state index contributed by atoms with van der Waals surface area (Å²) in [5, 5.41) is 0. The molecule has 0 amide bonds. The molecule has 0 bridgehead atoms. The Morgan fingerprint density at radius 2 is 0.873 bits per heavy atom. The number of carbonyl (C=O) groups is 1. The van der Waals surface area contributed by atoms with Crippen molar-refractivity contribution in [3.63, 3.8) is 0 Å². The Balaban J connectivity index is 4.02. The normalized spacial score (nSPS) is 25.1. The SMILES string of the molecule is C[Si](C)(C)OC[C@H]1O[C@H](OC[C@@H](O[Si](C)(C)C)[C@@H](O[Si](C)(C)C)[C@H](O[Si](C)(C)C)[C@H](C=O)O[Si](C)(C)C)[C@H](O[Si](C)(C)C)[C@@H](O[Si](C)(C)C)[C@H]1O[Si](C)(C)C. The number of carbonyl (C=O) groups excluding carboxylic acids is 1. The van der Waals surface area contributed by atoms with Gasteiger partial charge in [0, 0.05) is 0 Å². The molecule has 9 atom stereocenters. The minimum absolute atomic E-state index is 0.112. The Kier molecular flexibility index (Phi) is 19.9. The first-order valence-corrected chi connectivity index (χ1v) is 47.6. The summed E-state index contributed by atoms with van der Waals surface area (Å²) in [7, 11) is -17.4. The number of hydrogen-bond acceptors (Lipinski definition) is 11. The second-order valence-corrected chi connectivity index (χ2v) is 58.6. The van der Waals surface area contributed by atoms with Gasteiger partial charge in [-0.2, -0.15) is 0 Å². The minimum Gasteiger partial charge on any atom is -0.415 e. The van der Waals surface area contributed by atoms with Gasteiger partial charge in [-0.05, 0) is 157 Å². The number of aldehydes is 1. The van der Waals surface area contributed by atoms with E-state index in [0.717, 1.165) is 6.29 Å². The fourth-order valence-corrected chi connectivity index (χ4v) is 14.2. The second-order valence-electron chi connectivity index (χ2n) is 22.9. The molecule has 0 N–H and O–H groups in total. The molecule has 0 spiro atoms. The summed E-state index contributed by atoms with van der Waals surface area (Å²) < 4.78 is 69.3. The molecule has 1 heterocycles. The summed E-state index contributed by atoms with van der Waals surface area (Å²) >= 11 is 0. The van der Waals surface area contributed by atoms with Crippen LogP contribution < -0.4 is 0 Å². The van der Waals surface area contributed by atoms with Gasteiger partial charge in [0.05, 0.1) is 19.3 Å². The van der Waals surface area contributed by atoms with Crippen LogP contribution in [0.5, 0.6) is 0 Å². The first-order valence-electron chi connectivity index (χ1n) is 20.3. The van der Waals surface area contributed by atoms with Crippen LogP contribution in [0.2, 0.25) is 157 Å². The Morgan fingerprint density at radius 1 is 0.473 bits per heavy atom. The number of ether oxygens (including phenoxy) is 2. The van der Waals surface area contributed by atoms with E-state index in [4.69, 9.17) is 44.9 Å². The summed E-state index contributed by atoms with van der Waals surface area (Å²) in [5.41, 5.74) is 0. The zero-order valence-electron chi connectivity index (χ0n) is 39.7. The Morgan fingerprint density at radius 3 is 1.25 bits per heavy atom. The predicted octanol–water partition coefficient (Wildman–Crippen LogP) is 9.32. The highest BCUT2D eigenvalue weighted by Gasteiger charge is 2.53. The topological polar surface area (TPSA) is 109 Å². The lowest BCUT2D eigenvalue weighted by Crippen LogP contribution is -2.67. The highest BCUT2D eigenvalue weighted by Crippen LogP contribution is 2.36. The van der Waals surface area contributed by atoms with E-state index < -0.39 is 122 Å². The number of hydrogen-bond donors (Lipinski definition) is 0. The van der Waals surface area contributed by atoms with Crippen LogP contribution in [0.4, 0.5) is 0 Å². The van der Waals surface area contributed by atoms with Crippen molar-refractivity contribution in [2.45, 2.75) is 212 Å². The van der Waals surface area contributed by atoms with E-state index in [1.54, 1.807) is 0 Å². The van der Waals surface area contributed by atoms with Crippen molar-refractivity contribution in [1.29, 1.82) is 0 Å². The third-order valence-electron chi connectivity index (χ3n) is 7.29. The van der Waals surface area contributed by atoms with Gasteiger partial charge in [-0.25, -0.2) is 0 Å². The van der Waals surface area contributed by atoms with Crippen molar-refractivity contribution >= 4 is 72.8 Å². The Bertz CT molecular complexity index is 1160. The molecule has 0 radical (unpaired) electrons. The van der Waals surface area contributed by atoms with Gasteiger partial charge in [0.25, 0.3) is 0 Å². The molecule has 0 saturated carbocycles. The summed E-state index contributed by atoms with van der Waals surface area (Å²) in [6.07, 6.45) is -4.61. The van der Waals surface area contributed by atoms with Gasteiger partial charge in [-0.1, -0.05) is 0 Å². The molecule has 0 aromatic carbocycles. The van der Waals surface area contributed by atoms with Gasteiger partial charge >= 0.3 is 0 Å². The zero-order valence-corrected chi connectivity index (χ0v) is 47.7. The maximum atomic E-state index is 13.0. The lowest BCUT2D eigenvalue weighted by atomic mass is 9.99. The first-order chi connectivity index (χ1) is 24.2. The molecule has 1 fully saturated rings. The summed E-state index contributed by atoms with van der Waals surface area (Å²) in [6, 6.07) is 0. The van der Waals surface area contributed by atoms with Crippen molar-refractivity contribution in [3.05, 3.63) is 0 Å². The molecule has 0 aromatic rings. The van der Waals surface area contributed by atoms with Gasteiger partial charge in [0.1, 0.15) is 49.0 Å². The highest BCUT2D eigenvalue weighted by atomic mass is 28.4.